The number of anilines is 1. The van der Waals surface area contributed by atoms with Crippen molar-refractivity contribution < 1.29 is 4.39 Å². The standard InChI is InChI=1S/C14H16BrFN4/c15-12-7-9(16)1-2-11(12)13-8-14(20-19-13)18-10-3-5-17-6-4-10/h1-2,7-8,10,17H,3-6H2,(H2,18,19,20). The number of hydrogen-bond donors (Lipinski definition) is 3. The number of aromatic amines is 1. The number of nitrogens with zero attached hydrogens (tertiary/aromatic N) is 1. The summed E-state index contributed by atoms with van der Waals surface area (Å²) in [6.07, 6.45) is 2.20. The van der Waals surface area contributed by atoms with E-state index in [0.29, 0.717) is 6.04 Å². The van der Waals surface area contributed by atoms with E-state index in [0.717, 1.165) is 47.5 Å². The van der Waals surface area contributed by atoms with Gasteiger partial charge in [0.05, 0.1) is 5.69 Å². The van der Waals surface area contributed by atoms with Crippen molar-refractivity contribution in [2.24, 2.45) is 0 Å². The second-order valence-corrected chi connectivity index (χ2v) is 5.81. The van der Waals surface area contributed by atoms with Crippen LogP contribution in [0.4, 0.5) is 10.2 Å². The van der Waals surface area contributed by atoms with Gasteiger partial charge in [-0.25, -0.2) is 4.39 Å². The van der Waals surface area contributed by atoms with Gasteiger partial charge in [-0.1, -0.05) is 0 Å². The van der Waals surface area contributed by atoms with Gasteiger partial charge in [0, 0.05) is 22.1 Å². The van der Waals surface area contributed by atoms with Crippen molar-refractivity contribution in [2.75, 3.05) is 18.4 Å². The zero-order valence-electron chi connectivity index (χ0n) is 10.9. The van der Waals surface area contributed by atoms with Crippen LogP contribution < -0.4 is 10.6 Å². The Morgan fingerprint density at radius 1 is 1.25 bits per heavy atom. The molecule has 0 amide bonds. The zero-order chi connectivity index (χ0) is 13.9. The Kier molecular flexibility index (Phi) is 4.03. The molecule has 0 atom stereocenters. The number of hydrogen-bond acceptors (Lipinski definition) is 3. The Labute approximate surface area is 125 Å². The summed E-state index contributed by atoms with van der Waals surface area (Å²) in [6.45, 7) is 2.08. The van der Waals surface area contributed by atoms with Crippen LogP contribution >= 0.6 is 15.9 Å². The van der Waals surface area contributed by atoms with Gasteiger partial charge in [-0.2, -0.15) is 5.10 Å². The molecule has 1 saturated heterocycles. The quantitative estimate of drug-likeness (QED) is 0.805. The van der Waals surface area contributed by atoms with E-state index in [1.807, 2.05) is 6.07 Å². The van der Waals surface area contributed by atoms with Crippen LogP contribution in [-0.4, -0.2) is 29.3 Å². The molecule has 3 rings (SSSR count). The van der Waals surface area contributed by atoms with E-state index < -0.39 is 0 Å². The predicted molar refractivity (Wildman–Crippen MR) is 81.2 cm³/mol. The van der Waals surface area contributed by atoms with Crippen LogP contribution in [0.2, 0.25) is 0 Å². The normalized spacial score (nSPS) is 16.3. The van der Waals surface area contributed by atoms with Gasteiger partial charge in [0.1, 0.15) is 11.6 Å². The highest BCUT2D eigenvalue weighted by Crippen LogP contribution is 2.29. The number of halogens is 2. The Balaban J connectivity index is 1.75. The largest absolute Gasteiger partial charge is 0.366 e. The molecule has 0 radical (unpaired) electrons. The molecular weight excluding hydrogens is 323 g/mol. The van der Waals surface area contributed by atoms with Gasteiger partial charge in [0.2, 0.25) is 0 Å². The first-order valence-corrected chi connectivity index (χ1v) is 7.50. The minimum absolute atomic E-state index is 0.256. The second kappa shape index (κ2) is 5.93. The smallest absolute Gasteiger partial charge is 0.148 e. The van der Waals surface area contributed by atoms with Gasteiger partial charge >= 0.3 is 0 Å². The van der Waals surface area contributed by atoms with Crippen molar-refractivity contribution >= 4 is 21.7 Å². The minimum Gasteiger partial charge on any atom is -0.366 e. The molecule has 1 aromatic heterocycles. The number of piperidine rings is 1. The van der Waals surface area contributed by atoms with E-state index >= 15 is 0 Å². The zero-order valence-corrected chi connectivity index (χ0v) is 12.5. The molecule has 3 N–H and O–H groups in total. The van der Waals surface area contributed by atoms with Crippen molar-refractivity contribution in [1.29, 1.82) is 0 Å². The van der Waals surface area contributed by atoms with Gasteiger partial charge in [-0.3, -0.25) is 5.10 Å². The van der Waals surface area contributed by atoms with Gasteiger partial charge in [0.15, 0.2) is 0 Å². The van der Waals surface area contributed by atoms with Crippen LogP contribution in [0.25, 0.3) is 11.3 Å². The third-order valence-electron chi connectivity index (χ3n) is 3.49. The monoisotopic (exact) mass is 338 g/mol. The van der Waals surface area contributed by atoms with Gasteiger partial charge in [-0.05, 0) is 60.1 Å². The molecule has 0 bridgehead atoms. The lowest BCUT2D eigenvalue weighted by atomic mass is 10.1. The molecule has 6 heteroatoms. The Bertz CT molecular complexity index is 593. The molecule has 2 heterocycles. The fourth-order valence-corrected chi connectivity index (χ4v) is 2.98. The van der Waals surface area contributed by atoms with Gasteiger partial charge in [-0.15, -0.1) is 0 Å². The maximum atomic E-state index is 13.1. The highest BCUT2D eigenvalue weighted by molar-refractivity contribution is 9.10. The molecule has 20 heavy (non-hydrogen) atoms. The van der Waals surface area contributed by atoms with E-state index in [4.69, 9.17) is 0 Å². The summed E-state index contributed by atoms with van der Waals surface area (Å²) in [5, 5.41) is 14.0. The first-order chi connectivity index (χ1) is 9.72. The second-order valence-electron chi connectivity index (χ2n) is 4.96. The maximum absolute atomic E-state index is 13.1. The fourth-order valence-electron chi connectivity index (χ4n) is 2.42. The summed E-state index contributed by atoms with van der Waals surface area (Å²) in [7, 11) is 0. The molecule has 1 aliphatic rings. The summed E-state index contributed by atoms with van der Waals surface area (Å²) >= 11 is 3.38. The Hall–Kier alpha value is -1.40. The average molecular weight is 339 g/mol. The first-order valence-electron chi connectivity index (χ1n) is 6.70. The van der Waals surface area contributed by atoms with Crippen molar-refractivity contribution in [2.45, 2.75) is 18.9 Å². The fraction of sp³-hybridized carbons (Fsp3) is 0.357. The molecule has 1 aromatic carbocycles. The van der Waals surface area contributed by atoms with Crippen LogP contribution in [0.15, 0.2) is 28.7 Å². The topological polar surface area (TPSA) is 52.7 Å². The van der Waals surface area contributed by atoms with E-state index in [1.54, 1.807) is 6.07 Å². The van der Waals surface area contributed by atoms with Crippen LogP contribution in [0.5, 0.6) is 0 Å². The SMILES string of the molecule is Fc1ccc(-c2cc(NC3CCNCC3)n[nH]2)c(Br)c1. The van der Waals surface area contributed by atoms with E-state index in [-0.39, 0.29) is 5.82 Å². The highest BCUT2D eigenvalue weighted by Gasteiger charge is 2.14. The van der Waals surface area contributed by atoms with E-state index in [1.165, 1.54) is 12.1 Å². The molecule has 1 aliphatic heterocycles. The summed E-state index contributed by atoms with van der Waals surface area (Å²) in [5.74, 6) is 0.580. The van der Waals surface area contributed by atoms with E-state index in [2.05, 4.69) is 36.8 Å². The lowest BCUT2D eigenvalue weighted by Gasteiger charge is -2.23. The number of aromatic nitrogens is 2. The lowest BCUT2D eigenvalue weighted by Crippen LogP contribution is -2.35. The van der Waals surface area contributed by atoms with Crippen LogP contribution in [-0.2, 0) is 0 Å². The van der Waals surface area contributed by atoms with Crippen LogP contribution in [0, 0.1) is 5.82 Å². The molecule has 0 spiro atoms. The van der Waals surface area contributed by atoms with E-state index in [9.17, 15) is 4.39 Å². The number of nitrogens with one attached hydrogen (secondary N) is 3. The maximum Gasteiger partial charge on any atom is 0.148 e. The van der Waals surface area contributed by atoms with Gasteiger partial charge in [0.25, 0.3) is 0 Å². The third-order valence-corrected chi connectivity index (χ3v) is 4.15. The Morgan fingerprint density at radius 3 is 2.80 bits per heavy atom. The molecule has 2 aromatic rings. The average Bonchev–Trinajstić information content (AvgIpc) is 2.88. The van der Waals surface area contributed by atoms with Crippen molar-refractivity contribution in [1.82, 2.24) is 15.5 Å². The van der Waals surface area contributed by atoms with Crippen LogP contribution in [0.3, 0.4) is 0 Å². The summed E-state index contributed by atoms with van der Waals surface area (Å²) in [5.41, 5.74) is 1.77. The molecule has 1 fully saturated rings. The molecule has 0 unspecified atom stereocenters. The molecule has 0 saturated carbocycles. The summed E-state index contributed by atoms with van der Waals surface area (Å²) < 4.78 is 13.8. The summed E-state index contributed by atoms with van der Waals surface area (Å²) in [6, 6.07) is 7.06. The predicted octanol–water partition coefficient (Wildman–Crippen LogP) is 3.14. The number of H-pyrrole nitrogens is 1. The van der Waals surface area contributed by atoms with Crippen molar-refractivity contribution in [3.63, 3.8) is 0 Å². The number of benzene rings is 1. The summed E-state index contributed by atoms with van der Waals surface area (Å²) in [4.78, 5) is 0. The lowest BCUT2D eigenvalue weighted by molar-refractivity contribution is 0.478. The Morgan fingerprint density at radius 2 is 2.05 bits per heavy atom. The molecule has 4 nitrogen and oxygen atoms in total. The van der Waals surface area contributed by atoms with Crippen LogP contribution in [0.1, 0.15) is 12.8 Å². The van der Waals surface area contributed by atoms with Crippen molar-refractivity contribution in [3.8, 4) is 11.3 Å². The molecule has 0 aliphatic carbocycles. The van der Waals surface area contributed by atoms with Crippen molar-refractivity contribution in [3.05, 3.63) is 34.6 Å². The first kappa shape index (κ1) is 13.6. The highest BCUT2D eigenvalue weighted by atomic mass is 79.9. The third kappa shape index (κ3) is 3.02. The van der Waals surface area contributed by atoms with Gasteiger partial charge < -0.3 is 10.6 Å². The minimum atomic E-state index is -0.256. The molecule has 106 valence electrons. The number of rotatable bonds is 3. The molecular formula is C14H16BrFN4.